The molecular weight excluding hydrogens is 408 g/mol. The summed E-state index contributed by atoms with van der Waals surface area (Å²) in [5.74, 6) is 0.118. The van der Waals surface area contributed by atoms with E-state index in [1.165, 1.54) is 0 Å². The third-order valence-electron chi connectivity index (χ3n) is 5.01. The van der Waals surface area contributed by atoms with Crippen molar-refractivity contribution in [1.82, 2.24) is 4.57 Å². The largest absolute Gasteiger partial charge is 0.495 e. The van der Waals surface area contributed by atoms with Gasteiger partial charge in [-0.2, -0.15) is 0 Å². The summed E-state index contributed by atoms with van der Waals surface area (Å²) in [6.07, 6.45) is 2.52. The maximum atomic E-state index is 13.0. The predicted octanol–water partition coefficient (Wildman–Crippen LogP) is 4.45. The minimum atomic E-state index is -0.435. The van der Waals surface area contributed by atoms with E-state index in [-0.39, 0.29) is 17.0 Å². The molecule has 0 fully saturated rings. The van der Waals surface area contributed by atoms with Gasteiger partial charge in [0.2, 0.25) is 5.43 Å². The zero-order valence-electron chi connectivity index (χ0n) is 15.3. The van der Waals surface area contributed by atoms with Crippen molar-refractivity contribution in [3.05, 3.63) is 67.9 Å². The van der Waals surface area contributed by atoms with Crippen LogP contribution in [0.4, 0.5) is 5.69 Å². The van der Waals surface area contributed by atoms with Gasteiger partial charge in [0, 0.05) is 22.1 Å². The molecule has 1 aromatic heterocycles. The molecular formula is C21H19BrN2O3. The number of ether oxygens (including phenoxy) is 1. The van der Waals surface area contributed by atoms with E-state index < -0.39 is 5.91 Å². The van der Waals surface area contributed by atoms with Gasteiger partial charge >= 0.3 is 0 Å². The van der Waals surface area contributed by atoms with Crippen LogP contribution in [0.5, 0.6) is 5.75 Å². The van der Waals surface area contributed by atoms with Crippen LogP contribution in [0, 0.1) is 6.92 Å². The number of aromatic nitrogens is 1. The van der Waals surface area contributed by atoms with Crippen molar-refractivity contribution >= 4 is 38.4 Å². The second-order valence-electron chi connectivity index (χ2n) is 6.95. The molecule has 0 spiro atoms. The number of methoxy groups -OCH3 is 1. The van der Waals surface area contributed by atoms with Crippen molar-refractivity contribution in [2.75, 3.05) is 12.4 Å². The zero-order chi connectivity index (χ0) is 19.3. The SMILES string of the molecule is COc1ccc(C)cc1NC(=O)c1cn2c3c(cc(Br)cc3c1=O)C[C@@H]2C. The van der Waals surface area contributed by atoms with E-state index in [9.17, 15) is 9.59 Å². The first-order valence-corrected chi connectivity index (χ1v) is 9.51. The maximum absolute atomic E-state index is 13.0. The molecule has 4 rings (SSSR count). The van der Waals surface area contributed by atoms with Crippen LogP contribution in [0.3, 0.4) is 0 Å². The highest BCUT2D eigenvalue weighted by molar-refractivity contribution is 9.10. The van der Waals surface area contributed by atoms with Gasteiger partial charge < -0.3 is 14.6 Å². The second kappa shape index (κ2) is 6.53. The molecule has 2 heterocycles. The lowest BCUT2D eigenvalue weighted by Gasteiger charge is -2.14. The normalized spacial score (nSPS) is 15.2. The highest BCUT2D eigenvalue weighted by Gasteiger charge is 2.25. The molecule has 0 aliphatic carbocycles. The van der Waals surface area contributed by atoms with Crippen LogP contribution in [0.2, 0.25) is 0 Å². The van der Waals surface area contributed by atoms with Gasteiger partial charge in [-0.25, -0.2) is 0 Å². The lowest BCUT2D eigenvalue weighted by molar-refractivity contribution is 0.102. The number of nitrogens with one attached hydrogen (secondary N) is 1. The smallest absolute Gasteiger partial charge is 0.261 e. The van der Waals surface area contributed by atoms with E-state index in [1.54, 1.807) is 25.4 Å². The molecule has 3 aromatic rings. The van der Waals surface area contributed by atoms with Gasteiger partial charge in [-0.15, -0.1) is 0 Å². The molecule has 1 aliphatic heterocycles. The molecule has 1 aliphatic rings. The van der Waals surface area contributed by atoms with Crippen LogP contribution < -0.4 is 15.5 Å². The highest BCUT2D eigenvalue weighted by atomic mass is 79.9. The molecule has 0 unspecified atom stereocenters. The first kappa shape index (κ1) is 17.8. The number of aryl methyl sites for hydroxylation is 1. The molecule has 1 amide bonds. The minimum absolute atomic E-state index is 0.129. The van der Waals surface area contributed by atoms with E-state index in [2.05, 4.69) is 28.2 Å². The van der Waals surface area contributed by atoms with Gasteiger partial charge in [-0.1, -0.05) is 22.0 Å². The quantitative estimate of drug-likeness (QED) is 0.672. The highest BCUT2D eigenvalue weighted by Crippen LogP contribution is 2.34. The third-order valence-corrected chi connectivity index (χ3v) is 5.47. The summed E-state index contributed by atoms with van der Waals surface area (Å²) in [5, 5.41) is 3.40. The molecule has 5 nitrogen and oxygen atoms in total. The van der Waals surface area contributed by atoms with E-state index in [0.717, 1.165) is 27.5 Å². The molecule has 0 bridgehead atoms. The molecule has 0 radical (unpaired) electrons. The van der Waals surface area contributed by atoms with Crippen molar-refractivity contribution in [1.29, 1.82) is 0 Å². The summed E-state index contributed by atoms with van der Waals surface area (Å²) < 4.78 is 8.20. The average Bonchev–Trinajstić information content (AvgIpc) is 2.93. The number of anilines is 1. The number of nitrogens with zero attached hydrogens (tertiary/aromatic N) is 1. The van der Waals surface area contributed by atoms with Crippen LogP contribution in [0.25, 0.3) is 10.9 Å². The fourth-order valence-corrected chi connectivity index (χ4v) is 4.24. The monoisotopic (exact) mass is 426 g/mol. The Balaban J connectivity index is 1.84. The number of benzene rings is 2. The molecule has 1 atom stereocenters. The summed E-state index contributed by atoms with van der Waals surface area (Å²) in [5.41, 5.74) is 3.44. The molecule has 2 aromatic carbocycles. The summed E-state index contributed by atoms with van der Waals surface area (Å²) >= 11 is 3.48. The van der Waals surface area contributed by atoms with Gasteiger partial charge in [0.15, 0.2) is 0 Å². The summed E-state index contributed by atoms with van der Waals surface area (Å²) in [7, 11) is 1.55. The number of rotatable bonds is 3. The molecule has 0 saturated carbocycles. The van der Waals surface area contributed by atoms with E-state index in [1.807, 2.05) is 29.7 Å². The topological polar surface area (TPSA) is 60.3 Å². The van der Waals surface area contributed by atoms with Gasteiger partial charge in [-0.05, 0) is 55.7 Å². The second-order valence-corrected chi connectivity index (χ2v) is 7.87. The van der Waals surface area contributed by atoms with Crippen molar-refractivity contribution < 1.29 is 9.53 Å². The Labute approximate surface area is 165 Å². The van der Waals surface area contributed by atoms with Crippen LogP contribution in [0.1, 0.15) is 34.5 Å². The van der Waals surface area contributed by atoms with Gasteiger partial charge in [0.1, 0.15) is 11.3 Å². The summed E-state index contributed by atoms with van der Waals surface area (Å²) in [6, 6.07) is 9.55. The number of amides is 1. The lowest BCUT2D eigenvalue weighted by atomic mass is 10.1. The lowest BCUT2D eigenvalue weighted by Crippen LogP contribution is -2.24. The Hall–Kier alpha value is -2.60. The van der Waals surface area contributed by atoms with Crippen LogP contribution in [-0.4, -0.2) is 17.6 Å². The average molecular weight is 427 g/mol. The van der Waals surface area contributed by atoms with Crippen LogP contribution in [-0.2, 0) is 6.42 Å². The first-order chi connectivity index (χ1) is 12.9. The fourth-order valence-electron chi connectivity index (χ4n) is 3.73. The number of halogens is 1. The number of carbonyl (C=O) groups is 1. The number of hydrogen-bond donors (Lipinski definition) is 1. The first-order valence-electron chi connectivity index (χ1n) is 8.72. The molecule has 0 saturated heterocycles. The fraction of sp³-hybridized carbons (Fsp3) is 0.238. The van der Waals surface area contributed by atoms with E-state index >= 15 is 0 Å². The molecule has 27 heavy (non-hydrogen) atoms. The zero-order valence-corrected chi connectivity index (χ0v) is 16.9. The number of pyridine rings is 1. The third kappa shape index (κ3) is 2.94. The Bertz CT molecular complexity index is 1150. The molecule has 1 N–H and O–H groups in total. The molecule has 6 heteroatoms. The van der Waals surface area contributed by atoms with Crippen LogP contribution >= 0.6 is 15.9 Å². The minimum Gasteiger partial charge on any atom is -0.495 e. The Morgan fingerprint density at radius 3 is 2.81 bits per heavy atom. The van der Waals surface area contributed by atoms with Crippen molar-refractivity contribution in [2.24, 2.45) is 0 Å². The Morgan fingerprint density at radius 1 is 1.30 bits per heavy atom. The van der Waals surface area contributed by atoms with Crippen molar-refractivity contribution in [3.63, 3.8) is 0 Å². The summed E-state index contributed by atoms with van der Waals surface area (Å²) in [6.45, 7) is 4.02. The van der Waals surface area contributed by atoms with E-state index in [0.29, 0.717) is 16.8 Å². The number of hydrogen-bond acceptors (Lipinski definition) is 3. The number of carbonyl (C=O) groups excluding carboxylic acids is 1. The van der Waals surface area contributed by atoms with Crippen LogP contribution in [0.15, 0.2) is 45.8 Å². The standard InChI is InChI=1S/C21H19BrN2O3/c1-11-4-5-18(27-3)17(6-11)23-21(26)16-10-24-12(2)7-13-8-14(22)9-15(19(13)24)20(16)25/h4-6,8-10,12H,7H2,1-3H3,(H,23,26)/t12-/m0/s1. The maximum Gasteiger partial charge on any atom is 0.261 e. The predicted molar refractivity (Wildman–Crippen MR) is 110 cm³/mol. The van der Waals surface area contributed by atoms with Crippen molar-refractivity contribution in [3.8, 4) is 5.75 Å². The van der Waals surface area contributed by atoms with Crippen molar-refractivity contribution in [2.45, 2.75) is 26.3 Å². The van der Waals surface area contributed by atoms with E-state index in [4.69, 9.17) is 4.74 Å². The Kier molecular flexibility index (Phi) is 4.30. The van der Waals surface area contributed by atoms with Gasteiger partial charge in [0.05, 0.1) is 18.3 Å². The Morgan fingerprint density at radius 2 is 2.07 bits per heavy atom. The summed E-state index contributed by atoms with van der Waals surface area (Å²) in [4.78, 5) is 26.0. The van der Waals surface area contributed by atoms with Gasteiger partial charge in [0.25, 0.3) is 5.91 Å². The molecule has 138 valence electrons. The van der Waals surface area contributed by atoms with Gasteiger partial charge in [-0.3, -0.25) is 9.59 Å².